The van der Waals surface area contributed by atoms with E-state index in [9.17, 15) is 8.42 Å². The van der Waals surface area contributed by atoms with E-state index in [1.54, 1.807) is 0 Å². The number of aromatic nitrogens is 2. The first kappa shape index (κ1) is 15.2. The summed E-state index contributed by atoms with van der Waals surface area (Å²) < 4.78 is 24.2. The van der Waals surface area contributed by atoms with Crippen molar-refractivity contribution in [2.24, 2.45) is 0 Å². The average Bonchev–Trinajstić information content (AvgIpc) is 2.59. The molecule has 1 N–H and O–H groups in total. The van der Waals surface area contributed by atoms with Crippen LogP contribution in [0.15, 0.2) is 12.4 Å². The number of rotatable bonds is 5. The van der Waals surface area contributed by atoms with Gasteiger partial charge in [-0.25, -0.2) is 8.42 Å². The molecule has 0 saturated carbocycles. The lowest BCUT2D eigenvalue weighted by Gasteiger charge is -2.18. The number of hydrogen-bond acceptors (Lipinski definition) is 4. The third-order valence-corrected chi connectivity index (χ3v) is 3.64. The van der Waals surface area contributed by atoms with Crippen molar-refractivity contribution in [2.45, 2.75) is 45.8 Å². The standard InChI is InChI=1S/C12H23N3O2S/c1-10(9-18(5,16)17)13-6-11-7-14-15(8-11)12(2,3)4/h7-8,10,13H,6,9H2,1-5H3. The van der Waals surface area contributed by atoms with Crippen molar-refractivity contribution >= 4 is 9.84 Å². The van der Waals surface area contributed by atoms with Crippen LogP contribution in [0.25, 0.3) is 0 Å². The van der Waals surface area contributed by atoms with Gasteiger partial charge in [-0.1, -0.05) is 0 Å². The summed E-state index contributed by atoms with van der Waals surface area (Å²) in [4.78, 5) is 0. The topological polar surface area (TPSA) is 64.0 Å². The Morgan fingerprint density at radius 2 is 2.06 bits per heavy atom. The monoisotopic (exact) mass is 273 g/mol. The van der Waals surface area contributed by atoms with Crippen LogP contribution in [0.3, 0.4) is 0 Å². The fourth-order valence-electron chi connectivity index (χ4n) is 1.62. The molecule has 6 heteroatoms. The van der Waals surface area contributed by atoms with E-state index in [2.05, 4.69) is 31.2 Å². The number of nitrogens with zero attached hydrogens (tertiary/aromatic N) is 2. The fourth-order valence-corrected chi connectivity index (χ4v) is 2.65. The first-order valence-corrected chi connectivity index (χ1v) is 8.09. The molecule has 0 bridgehead atoms. The van der Waals surface area contributed by atoms with Gasteiger partial charge in [0.25, 0.3) is 0 Å². The number of sulfone groups is 1. The maximum Gasteiger partial charge on any atom is 0.148 e. The molecule has 1 unspecified atom stereocenters. The summed E-state index contributed by atoms with van der Waals surface area (Å²) in [6.45, 7) is 8.76. The van der Waals surface area contributed by atoms with E-state index in [4.69, 9.17) is 0 Å². The van der Waals surface area contributed by atoms with E-state index < -0.39 is 9.84 Å². The molecule has 0 aliphatic rings. The summed E-state index contributed by atoms with van der Waals surface area (Å²) in [5.41, 5.74) is 1.03. The highest BCUT2D eigenvalue weighted by molar-refractivity contribution is 7.90. The van der Waals surface area contributed by atoms with Gasteiger partial charge >= 0.3 is 0 Å². The fraction of sp³-hybridized carbons (Fsp3) is 0.750. The van der Waals surface area contributed by atoms with Crippen LogP contribution >= 0.6 is 0 Å². The van der Waals surface area contributed by atoms with Gasteiger partial charge in [0.2, 0.25) is 0 Å². The molecule has 0 spiro atoms. The van der Waals surface area contributed by atoms with Crippen LogP contribution in [0.5, 0.6) is 0 Å². The predicted octanol–water partition coefficient (Wildman–Crippen LogP) is 1.16. The third kappa shape index (κ3) is 5.18. The van der Waals surface area contributed by atoms with E-state index in [0.717, 1.165) is 5.56 Å². The van der Waals surface area contributed by atoms with Crippen molar-refractivity contribution in [1.82, 2.24) is 15.1 Å². The minimum atomic E-state index is -2.93. The van der Waals surface area contributed by atoms with Gasteiger partial charge in [-0.15, -0.1) is 0 Å². The molecule has 1 atom stereocenters. The van der Waals surface area contributed by atoms with Crippen molar-refractivity contribution in [2.75, 3.05) is 12.0 Å². The first-order chi connectivity index (χ1) is 8.08. The predicted molar refractivity (Wildman–Crippen MR) is 73.2 cm³/mol. The summed E-state index contributed by atoms with van der Waals surface area (Å²) in [5, 5.41) is 7.49. The third-order valence-electron chi connectivity index (χ3n) is 2.53. The zero-order chi connectivity index (χ0) is 14.0. The van der Waals surface area contributed by atoms with Gasteiger partial charge in [0, 0.05) is 30.6 Å². The molecular formula is C12H23N3O2S. The molecule has 5 nitrogen and oxygen atoms in total. The van der Waals surface area contributed by atoms with Gasteiger partial charge in [-0.3, -0.25) is 4.68 Å². The van der Waals surface area contributed by atoms with Gasteiger partial charge in [0.05, 0.1) is 17.5 Å². The van der Waals surface area contributed by atoms with Gasteiger partial charge < -0.3 is 5.32 Å². The molecule has 0 saturated heterocycles. The zero-order valence-corrected chi connectivity index (χ0v) is 12.6. The quantitative estimate of drug-likeness (QED) is 0.874. The van der Waals surface area contributed by atoms with Crippen molar-refractivity contribution < 1.29 is 8.42 Å². The Bertz CT molecular complexity index is 486. The van der Waals surface area contributed by atoms with Crippen molar-refractivity contribution in [1.29, 1.82) is 0 Å². The van der Waals surface area contributed by atoms with Gasteiger partial charge in [-0.05, 0) is 27.7 Å². The van der Waals surface area contributed by atoms with E-state index in [-0.39, 0.29) is 17.3 Å². The molecule has 0 aliphatic carbocycles. The molecule has 1 rings (SSSR count). The molecule has 0 fully saturated rings. The molecule has 0 amide bonds. The summed E-state index contributed by atoms with van der Waals surface area (Å²) in [6.07, 6.45) is 5.05. The van der Waals surface area contributed by atoms with Gasteiger partial charge in [-0.2, -0.15) is 5.10 Å². The Hall–Kier alpha value is -0.880. The van der Waals surface area contributed by atoms with E-state index in [0.29, 0.717) is 6.54 Å². The average molecular weight is 273 g/mol. The zero-order valence-electron chi connectivity index (χ0n) is 11.8. The van der Waals surface area contributed by atoms with Crippen LogP contribution in [0.4, 0.5) is 0 Å². The van der Waals surface area contributed by atoms with Gasteiger partial charge in [0.1, 0.15) is 9.84 Å². The minimum Gasteiger partial charge on any atom is -0.309 e. The molecule has 1 aromatic rings. The molecule has 1 heterocycles. The number of nitrogens with one attached hydrogen (secondary N) is 1. The molecular weight excluding hydrogens is 250 g/mol. The maximum absolute atomic E-state index is 11.1. The van der Waals surface area contributed by atoms with Gasteiger partial charge in [0.15, 0.2) is 0 Å². The number of hydrogen-bond donors (Lipinski definition) is 1. The second-order valence-corrected chi connectivity index (χ2v) is 8.02. The van der Waals surface area contributed by atoms with Crippen LogP contribution in [0.1, 0.15) is 33.3 Å². The lowest BCUT2D eigenvalue weighted by molar-refractivity contribution is 0.355. The van der Waals surface area contributed by atoms with Crippen molar-refractivity contribution in [3.05, 3.63) is 18.0 Å². The van der Waals surface area contributed by atoms with Crippen LogP contribution < -0.4 is 5.32 Å². The Kier molecular flexibility index (Phi) is 4.55. The summed E-state index contributed by atoms with van der Waals surface area (Å²) in [7, 11) is -2.93. The summed E-state index contributed by atoms with van der Waals surface area (Å²) >= 11 is 0. The Morgan fingerprint density at radius 1 is 1.44 bits per heavy atom. The molecule has 18 heavy (non-hydrogen) atoms. The largest absolute Gasteiger partial charge is 0.309 e. The second kappa shape index (κ2) is 5.40. The van der Waals surface area contributed by atoms with E-state index in [1.807, 2.05) is 24.0 Å². The highest BCUT2D eigenvalue weighted by Gasteiger charge is 2.14. The Morgan fingerprint density at radius 3 is 2.50 bits per heavy atom. The van der Waals surface area contributed by atoms with Crippen LogP contribution in [-0.4, -0.2) is 36.2 Å². The molecule has 104 valence electrons. The Labute approximate surface area is 109 Å². The second-order valence-electron chi connectivity index (χ2n) is 5.84. The van der Waals surface area contributed by atoms with Crippen molar-refractivity contribution in [3.63, 3.8) is 0 Å². The smallest absolute Gasteiger partial charge is 0.148 e. The SMILES string of the molecule is CC(CS(C)(=O)=O)NCc1cnn(C(C)(C)C)c1. The molecule has 1 aromatic heterocycles. The summed E-state index contributed by atoms with van der Waals surface area (Å²) in [5.74, 6) is 0.153. The molecule has 0 aliphatic heterocycles. The van der Waals surface area contributed by atoms with Crippen LogP contribution in [-0.2, 0) is 21.9 Å². The lowest BCUT2D eigenvalue weighted by Crippen LogP contribution is -2.32. The highest BCUT2D eigenvalue weighted by Crippen LogP contribution is 2.13. The molecule has 0 radical (unpaired) electrons. The van der Waals surface area contributed by atoms with Crippen LogP contribution in [0, 0.1) is 0 Å². The van der Waals surface area contributed by atoms with E-state index >= 15 is 0 Å². The van der Waals surface area contributed by atoms with Crippen LogP contribution in [0.2, 0.25) is 0 Å². The normalized spacial score (nSPS) is 14.7. The van der Waals surface area contributed by atoms with E-state index in [1.165, 1.54) is 6.26 Å². The lowest BCUT2D eigenvalue weighted by atomic mass is 10.1. The Balaban J connectivity index is 2.52. The molecule has 0 aromatic carbocycles. The maximum atomic E-state index is 11.1. The summed E-state index contributed by atoms with van der Waals surface area (Å²) in [6, 6.07) is -0.0574. The first-order valence-electron chi connectivity index (χ1n) is 6.03. The highest BCUT2D eigenvalue weighted by atomic mass is 32.2. The minimum absolute atomic E-state index is 0.0311. The van der Waals surface area contributed by atoms with Crippen molar-refractivity contribution in [3.8, 4) is 0 Å².